The maximum Gasteiger partial charge on any atom is 0.235 e. The van der Waals surface area contributed by atoms with Gasteiger partial charge in [0.1, 0.15) is 0 Å². The van der Waals surface area contributed by atoms with Crippen molar-refractivity contribution in [3.63, 3.8) is 0 Å². The fourth-order valence-corrected chi connectivity index (χ4v) is 2.51. The number of nitrogens with zero attached hydrogens (tertiary/aromatic N) is 3. The van der Waals surface area contributed by atoms with E-state index in [1.807, 2.05) is 18.2 Å². The van der Waals surface area contributed by atoms with Gasteiger partial charge in [0.2, 0.25) is 11.8 Å². The molecule has 1 fully saturated rings. The van der Waals surface area contributed by atoms with Gasteiger partial charge in [0.15, 0.2) is 0 Å². The third kappa shape index (κ3) is 3.42. The van der Waals surface area contributed by atoms with E-state index in [4.69, 9.17) is 9.52 Å². The van der Waals surface area contributed by atoms with Crippen LogP contribution in [0.25, 0.3) is 0 Å². The van der Waals surface area contributed by atoms with Crippen molar-refractivity contribution in [1.29, 1.82) is 0 Å². The molecule has 0 spiro atoms. The first-order valence-electron chi connectivity index (χ1n) is 7.60. The summed E-state index contributed by atoms with van der Waals surface area (Å²) in [6, 6.07) is 10.1. The van der Waals surface area contributed by atoms with E-state index in [-0.39, 0.29) is 6.61 Å². The lowest BCUT2D eigenvalue weighted by Crippen LogP contribution is -2.24. The van der Waals surface area contributed by atoms with Gasteiger partial charge in [-0.2, -0.15) is 0 Å². The van der Waals surface area contributed by atoms with Crippen LogP contribution < -0.4 is 4.90 Å². The molecule has 0 radical (unpaired) electrons. The summed E-state index contributed by atoms with van der Waals surface area (Å²) in [5.41, 5.74) is 1.11. The Morgan fingerprint density at radius 3 is 2.67 bits per heavy atom. The summed E-state index contributed by atoms with van der Waals surface area (Å²) in [4.78, 5) is 2.16. The van der Waals surface area contributed by atoms with Crippen LogP contribution in [-0.4, -0.2) is 28.5 Å². The van der Waals surface area contributed by atoms with Gasteiger partial charge < -0.3 is 14.4 Å². The summed E-state index contributed by atoms with van der Waals surface area (Å²) in [6.45, 7) is 1.53. The van der Waals surface area contributed by atoms with Crippen molar-refractivity contribution in [2.45, 2.75) is 38.1 Å². The maximum atomic E-state index is 9.07. The van der Waals surface area contributed by atoms with Crippen LogP contribution in [0.5, 0.6) is 0 Å². The minimum absolute atomic E-state index is 0.181. The van der Waals surface area contributed by atoms with E-state index >= 15 is 0 Å². The number of aliphatic hydroxyl groups is 1. The van der Waals surface area contributed by atoms with Gasteiger partial charge in [-0.25, -0.2) is 0 Å². The average Bonchev–Trinajstić information content (AvgIpc) is 2.90. The van der Waals surface area contributed by atoms with Crippen LogP contribution in [0.4, 0.5) is 5.69 Å². The predicted octanol–water partition coefficient (Wildman–Crippen LogP) is 2.73. The molecule has 0 atom stereocenters. The van der Waals surface area contributed by atoms with Crippen LogP contribution in [-0.2, 0) is 6.54 Å². The minimum atomic E-state index is 0.181. The molecular weight excluding hydrogens is 266 g/mol. The summed E-state index contributed by atoms with van der Waals surface area (Å²) >= 11 is 0. The lowest BCUT2D eigenvalue weighted by molar-refractivity contribution is 0.288. The summed E-state index contributed by atoms with van der Waals surface area (Å²) < 4.78 is 5.79. The van der Waals surface area contributed by atoms with E-state index in [1.54, 1.807) is 0 Å². The number of para-hydroxylation sites is 1. The maximum absolute atomic E-state index is 9.07. The second-order valence-corrected chi connectivity index (χ2v) is 5.50. The van der Waals surface area contributed by atoms with E-state index in [0.717, 1.165) is 37.4 Å². The highest BCUT2D eigenvalue weighted by Crippen LogP contribution is 2.35. The highest BCUT2D eigenvalue weighted by molar-refractivity contribution is 5.45. The third-order valence-electron chi connectivity index (χ3n) is 3.97. The smallest absolute Gasteiger partial charge is 0.235 e. The van der Waals surface area contributed by atoms with E-state index in [9.17, 15) is 0 Å². The Morgan fingerprint density at radius 2 is 2.00 bits per heavy atom. The van der Waals surface area contributed by atoms with Gasteiger partial charge in [-0.3, -0.25) is 0 Å². The van der Waals surface area contributed by atoms with Crippen molar-refractivity contribution in [2.24, 2.45) is 0 Å². The van der Waals surface area contributed by atoms with Crippen LogP contribution in [0.3, 0.4) is 0 Å². The zero-order valence-electron chi connectivity index (χ0n) is 12.1. The molecule has 1 saturated carbocycles. The zero-order valence-corrected chi connectivity index (χ0v) is 12.1. The van der Waals surface area contributed by atoms with Gasteiger partial charge >= 0.3 is 0 Å². The van der Waals surface area contributed by atoms with Crippen LogP contribution in [0.1, 0.15) is 43.4 Å². The molecule has 1 aromatic carbocycles. The first kappa shape index (κ1) is 14.1. The van der Waals surface area contributed by atoms with Crippen LogP contribution in [0.2, 0.25) is 0 Å². The molecule has 0 bridgehead atoms. The Bertz CT molecular complexity index is 552. The second kappa shape index (κ2) is 6.72. The predicted molar refractivity (Wildman–Crippen MR) is 80.1 cm³/mol. The molecule has 5 heteroatoms. The molecule has 0 amide bonds. The molecule has 1 aliphatic carbocycles. The van der Waals surface area contributed by atoms with Gasteiger partial charge in [-0.05, 0) is 31.4 Å². The summed E-state index contributed by atoms with van der Waals surface area (Å²) in [6.07, 6.45) is 4.30. The molecular formula is C16H21N3O2. The van der Waals surface area contributed by atoms with Crippen molar-refractivity contribution in [3.05, 3.63) is 42.1 Å². The number of benzene rings is 1. The van der Waals surface area contributed by atoms with Crippen molar-refractivity contribution in [1.82, 2.24) is 10.2 Å². The van der Waals surface area contributed by atoms with Gasteiger partial charge in [0.25, 0.3) is 0 Å². The Kier molecular flexibility index (Phi) is 4.50. The van der Waals surface area contributed by atoms with E-state index < -0.39 is 0 Å². The summed E-state index contributed by atoms with van der Waals surface area (Å²) in [7, 11) is 0. The van der Waals surface area contributed by atoms with Gasteiger partial charge in [-0.15, -0.1) is 10.2 Å². The fourth-order valence-electron chi connectivity index (χ4n) is 2.51. The summed E-state index contributed by atoms with van der Waals surface area (Å²) in [5, 5.41) is 17.4. The van der Waals surface area contributed by atoms with Crippen molar-refractivity contribution >= 4 is 5.69 Å². The molecule has 1 aromatic heterocycles. The first-order valence-corrected chi connectivity index (χ1v) is 7.60. The molecule has 0 aliphatic heterocycles. The Morgan fingerprint density at radius 1 is 1.19 bits per heavy atom. The highest BCUT2D eigenvalue weighted by atomic mass is 16.4. The molecule has 1 heterocycles. The standard InChI is InChI=1S/C16H21N3O2/c20-11-5-10-19(14-8-2-1-3-9-14)12-15-17-18-16(21-15)13-6-4-7-13/h1-3,8-9,13,20H,4-7,10-12H2. The SMILES string of the molecule is OCCCN(Cc1nnc(C2CCC2)o1)c1ccccc1. The molecule has 1 N–H and O–H groups in total. The zero-order chi connectivity index (χ0) is 14.5. The Hall–Kier alpha value is -1.88. The largest absolute Gasteiger partial charge is 0.423 e. The average molecular weight is 287 g/mol. The van der Waals surface area contributed by atoms with Gasteiger partial charge in [0, 0.05) is 24.8 Å². The number of hydrogen-bond donors (Lipinski definition) is 1. The molecule has 21 heavy (non-hydrogen) atoms. The molecule has 3 rings (SSSR count). The van der Waals surface area contributed by atoms with Crippen molar-refractivity contribution in [2.75, 3.05) is 18.1 Å². The molecule has 2 aromatic rings. The van der Waals surface area contributed by atoms with Crippen LogP contribution >= 0.6 is 0 Å². The summed E-state index contributed by atoms with van der Waals surface area (Å²) in [5.74, 6) is 1.90. The quantitative estimate of drug-likeness (QED) is 0.848. The van der Waals surface area contributed by atoms with E-state index in [2.05, 4.69) is 27.2 Å². The van der Waals surface area contributed by atoms with Crippen molar-refractivity contribution < 1.29 is 9.52 Å². The topological polar surface area (TPSA) is 62.4 Å². The van der Waals surface area contributed by atoms with Gasteiger partial charge in [0.05, 0.1) is 6.54 Å². The normalized spacial score (nSPS) is 14.9. The Balaban J connectivity index is 1.69. The molecule has 5 nitrogen and oxygen atoms in total. The number of aliphatic hydroxyl groups excluding tert-OH is 1. The number of rotatable bonds is 7. The first-order chi connectivity index (χ1) is 10.4. The molecule has 112 valence electrons. The lowest BCUT2D eigenvalue weighted by atomic mass is 9.85. The van der Waals surface area contributed by atoms with Crippen molar-refractivity contribution in [3.8, 4) is 0 Å². The fraction of sp³-hybridized carbons (Fsp3) is 0.500. The molecule has 1 aliphatic rings. The van der Waals surface area contributed by atoms with E-state index in [1.165, 1.54) is 6.42 Å². The van der Waals surface area contributed by atoms with Crippen LogP contribution in [0, 0.1) is 0 Å². The third-order valence-corrected chi connectivity index (χ3v) is 3.97. The van der Waals surface area contributed by atoms with Gasteiger partial charge in [-0.1, -0.05) is 24.6 Å². The van der Waals surface area contributed by atoms with Crippen LogP contribution in [0.15, 0.2) is 34.7 Å². The highest BCUT2D eigenvalue weighted by Gasteiger charge is 2.25. The minimum Gasteiger partial charge on any atom is -0.423 e. The molecule has 0 saturated heterocycles. The number of aromatic nitrogens is 2. The lowest BCUT2D eigenvalue weighted by Gasteiger charge is -2.23. The second-order valence-electron chi connectivity index (χ2n) is 5.50. The number of anilines is 1. The monoisotopic (exact) mass is 287 g/mol. The number of hydrogen-bond acceptors (Lipinski definition) is 5. The van der Waals surface area contributed by atoms with E-state index in [0.29, 0.717) is 18.4 Å². The Labute approximate surface area is 124 Å². The molecule has 0 unspecified atom stereocenters.